The molecule has 4 nitrogen and oxygen atoms in total. The van der Waals surface area contributed by atoms with E-state index in [1.807, 2.05) is 19.1 Å². The molecule has 108 valence electrons. The number of halogens is 1. The number of benzene rings is 1. The van der Waals surface area contributed by atoms with Crippen molar-refractivity contribution < 1.29 is 0 Å². The second-order valence-electron chi connectivity index (χ2n) is 4.82. The van der Waals surface area contributed by atoms with Crippen LogP contribution in [0.2, 0.25) is 0 Å². The fourth-order valence-corrected chi connectivity index (χ4v) is 3.32. The van der Waals surface area contributed by atoms with Crippen LogP contribution in [-0.4, -0.2) is 22.8 Å². The molecule has 1 N–H and O–H groups in total. The molecule has 3 rings (SSSR count). The Morgan fingerprint density at radius 3 is 2.68 bits per heavy atom. The second-order valence-corrected chi connectivity index (χ2v) is 7.01. The Kier molecular flexibility index (Phi) is 4.44. The second kappa shape index (κ2) is 6.33. The molecule has 2 aromatic heterocycles. The summed E-state index contributed by atoms with van der Waals surface area (Å²) in [6.45, 7) is 4.01. The van der Waals surface area contributed by atoms with Crippen LogP contribution >= 0.6 is 33.9 Å². The van der Waals surface area contributed by atoms with Gasteiger partial charge in [-0.15, -0.1) is 11.3 Å². The molecule has 0 saturated heterocycles. The zero-order valence-corrected chi connectivity index (χ0v) is 15.1. The predicted octanol–water partition coefficient (Wildman–Crippen LogP) is 3.36. The summed E-state index contributed by atoms with van der Waals surface area (Å²) in [6.07, 6.45) is 1.74. The summed E-state index contributed by atoms with van der Waals surface area (Å²) in [6, 6.07) is 8.03. The minimum Gasteiger partial charge on any atom is -0.324 e. The SMILES string of the molecule is [B]c1nc(C)c(-c2ccnc(Nc3ccc(C)c(I)c3)n2)s1. The van der Waals surface area contributed by atoms with Gasteiger partial charge in [-0.3, -0.25) is 4.98 Å². The largest absolute Gasteiger partial charge is 0.324 e. The number of nitrogens with one attached hydrogen (secondary N) is 1. The minimum atomic E-state index is 0.550. The lowest BCUT2D eigenvalue weighted by atomic mass is 10.2. The number of aromatic nitrogens is 3. The van der Waals surface area contributed by atoms with Gasteiger partial charge in [0.25, 0.3) is 0 Å². The van der Waals surface area contributed by atoms with Crippen molar-refractivity contribution in [3.63, 3.8) is 0 Å². The first-order valence-electron chi connectivity index (χ1n) is 6.62. The molecule has 2 radical (unpaired) electrons. The number of rotatable bonds is 3. The molecule has 0 unspecified atom stereocenters. The minimum absolute atomic E-state index is 0.550. The monoisotopic (exact) mass is 418 g/mol. The smallest absolute Gasteiger partial charge is 0.227 e. The molecule has 0 aliphatic heterocycles. The number of nitrogens with zero attached hydrogens (tertiary/aromatic N) is 3. The van der Waals surface area contributed by atoms with Crippen LogP contribution in [0, 0.1) is 17.4 Å². The Balaban J connectivity index is 1.91. The Labute approximate surface area is 148 Å². The van der Waals surface area contributed by atoms with Gasteiger partial charge in [-0.25, -0.2) is 9.97 Å². The van der Waals surface area contributed by atoms with Crippen LogP contribution in [-0.2, 0) is 0 Å². The van der Waals surface area contributed by atoms with Crippen molar-refractivity contribution in [2.75, 3.05) is 5.32 Å². The average molecular weight is 418 g/mol. The van der Waals surface area contributed by atoms with E-state index in [4.69, 9.17) is 7.85 Å². The normalized spacial score (nSPS) is 10.7. The summed E-state index contributed by atoms with van der Waals surface area (Å²) in [5, 5.41) is 3.23. The Morgan fingerprint density at radius 1 is 1.18 bits per heavy atom. The van der Waals surface area contributed by atoms with E-state index in [-0.39, 0.29) is 0 Å². The van der Waals surface area contributed by atoms with Crippen molar-refractivity contribution in [1.29, 1.82) is 0 Å². The van der Waals surface area contributed by atoms with Gasteiger partial charge in [-0.1, -0.05) is 6.07 Å². The van der Waals surface area contributed by atoms with Crippen LogP contribution in [0.3, 0.4) is 0 Å². The highest BCUT2D eigenvalue weighted by Gasteiger charge is 2.10. The molecule has 3 aromatic rings. The molecule has 0 aliphatic rings. The molecular weight excluding hydrogens is 406 g/mol. The van der Waals surface area contributed by atoms with Gasteiger partial charge in [-0.05, 0) is 60.2 Å². The summed E-state index contributed by atoms with van der Waals surface area (Å²) in [5.41, 5.74) is 3.92. The van der Waals surface area contributed by atoms with Gasteiger partial charge in [0.15, 0.2) is 7.85 Å². The summed E-state index contributed by atoms with van der Waals surface area (Å²) in [7, 11) is 5.76. The van der Waals surface area contributed by atoms with Crippen molar-refractivity contribution in [3.05, 3.63) is 45.3 Å². The van der Waals surface area contributed by atoms with Gasteiger partial charge in [0.1, 0.15) is 0 Å². The highest BCUT2D eigenvalue weighted by molar-refractivity contribution is 14.1. The topological polar surface area (TPSA) is 50.7 Å². The maximum Gasteiger partial charge on any atom is 0.227 e. The van der Waals surface area contributed by atoms with E-state index in [0.29, 0.717) is 10.9 Å². The number of thiazole rings is 1. The lowest BCUT2D eigenvalue weighted by Crippen LogP contribution is -1.98. The first-order chi connectivity index (χ1) is 10.5. The van der Waals surface area contributed by atoms with Crippen molar-refractivity contribution in [3.8, 4) is 10.6 Å². The lowest BCUT2D eigenvalue weighted by Gasteiger charge is -2.07. The maximum absolute atomic E-state index is 5.76. The number of anilines is 2. The Bertz CT molecular complexity index is 834. The number of hydrogen-bond acceptors (Lipinski definition) is 5. The molecule has 2 heterocycles. The van der Waals surface area contributed by atoms with Gasteiger partial charge >= 0.3 is 0 Å². The molecule has 22 heavy (non-hydrogen) atoms. The van der Waals surface area contributed by atoms with Crippen LogP contribution < -0.4 is 10.2 Å². The lowest BCUT2D eigenvalue weighted by molar-refractivity contribution is 1.16. The third-order valence-electron chi connectivity index (χ3n) is 3.13. The van der Waals surface area contributed by atoms with Crippen LogP contribution in [0.5, 0.6) is 0 Å². The molecule has 0 atom stereocenters. The molecule has 0 fully saturated rings. The maximum atomic E-state index is 5.76. The quantitative estimate of drug-likeness (QED) is 0.524. The summed E-state index contributed by atoms with van der Waals surface area (Å²) >= 11 is 3.75. The van der Waals surface area contributed by atoms with E-state index < -0.39 is 0 Å². The van der Waals surface area contributed by atoms with Gasteiger partial charge in [0.2, 0.25) is 5.95 Å². The molecule has 7 heteroatoms. The molecular formula is C15H12BIN4S. The van der Waals surface area contributed by atoms with Gasteiger partial charge in [0.05, 0.1) is 16.3 Å². The fraction of sp³-hybridized carbons (Fsp3) is 0.133. The zero-order chi connectivity index (χ0) is 15.7. The van der Waals surface area contributed by atoms with E-state index in [0.717, 1.165) is 22.0 Å². The standard InChI is InChI=1S/C15H12BIN4S/c1-8-3-4-10(7-11(8)17)20-15-18-6-5-12(21-15)13-9(2)19-14(16)22-13/h3-7H,1-2H3,(H,18,20,21). The van der Waals surface area contributed by atoms with E-state index in [2.05, 4.69) is 61.9 Å². The average Bonchev–Trinajstić information content (AvgIpc) is 2.82. The third-order valence-corrected chi connectivity index (χ3v) is 5.30. The molecule has 0 amide bonds. The molecule has 0 aliphatic carbocycles. The van der Waals surface area contributed by atoms with E-state index in [9.17, 15) is 0 Å². The highest BCUT2D eigenvalue weighted by Crippen LogP contribution is 2.25. The van der Waals surface area contributed by atoms with Crippen molar-refractivity contribution in [1.82, 2.24) is 15.0 Å². The summed E-state index contributed by atoms with van der Waals surface area (Å²) < 4.78 is 1.20. The Morgan fingerprint density at radius 2 is 2.00 bits per heavy atom. The Hall–Kier alpha value is -1.48. The van der Waals surface area contributed by atoms with Crippen LogP contribution in [0.1, 0.15) is 11.3 Å². The van der Waals surface area contributed by atoms with Gasteiger partial charge in [-0.2, -0.15) is 0 Å². The first-order valence-corrected chi connectivity index (χ1v) is 8.52. The van der Waals surface area contributed by atoms with Crippen molar-refractivity contribution in [2.24, 2.45) is 0 Å². The molecule has 0 spiro atoms. The van der Waals surface area contributed by atoms with Crippen LogP contribution in [0.25, 0.3) is 10.6 Å². The fourth-order valence-electron chi connectivity index (χ4n) is 2.00. The van der Waals surface area contributed by atoms with E-state index >= 15 is 0 Å². The number of aryl methyl sites for hydroxylation is 2. The van der Waals surface area contributed by atoms with Crippen LogP contribution in [0.4, 0.5) is 11.6 Å². The molecule has 0 bridgehead atoms. The third kappa shape index (κ3) is 3.30. The van der Waals surface area contributed by atoms with Crippen LogP contribution in [0.15, 0.2) is 30.5 Å². The summed E-state index contributed by atoms with van der Waals surface area (Å²) in [5.74, 6) is 0.559. The summed E-state index contributed by atoms with van der Waals surface area (Å²) in [4.78, 5) is 14.6. The molecule has 1 aromatic carbocycles. The van der Waals surface area contributed by atoms with Crippen molar-refractivity contribution >= 4 is 58.3 Å². The van der Waals surface area contributed by atoms with E-state index in [1.165, 1.54) is 20.5 Å². The first kappa shape index (κ1) is 15.4. The molecule has 0 saturated carbocycles. The van der Waals surface area contributed by atoms with Gasteiger partial charge in [0, 0.05) is 20.4 Å². The predicted molar refractivity (Wildman–Crippen MR) is 100 cm³/mol. The van der Waals surface area contributed by atoms with Crippen molar-refractivity contribution in [2.45, 2.75) is 13.8 Å². The number of hydrogen-bond donors (Lipinski definition) is 1. The van der Waals surface area contributed by atoms with Gasteiger partial charge < -0.3 is 5.32 Å². The highest BCUT2D eigenvalue weighted by atomic mass is 127. The zero-order valence-electron chi connectivity index (χ0n) is 12.1. The van der Waals surface area contributed by atoms with E-state index in [1.54, 1.807) is 6.20 Å².